The zero-order valence-electron chi connectivity index (χ0n) is 12.2. The summed E-state index contributed by atoms with van der Waals surface area (Å²) in [6, 6.07) is 4.13. The van der Waals surface area contributed by atoms with Crippen LogP contribution in [0.1, 0.15) is 23.7 Å². The van der Waals surface area contributed by atoms with Crippen LogP contribution in [-0.2, 0) is 11.2 Å². The van der Waals surface area contributed by atoms with E-state index in [1.807, 2.05) is 6.20 Å². The molecule has 6 heteroatoms. The number of hydrogen-bond donors (Lipinski definition) is 1. The number of aryl methyl sites for hydroxylation is 3. The second-order valence-electron chi connectivity index (χ2n) is 4.79. The zero-order chi connectivity index (χ0) is 15.6. The third-order valence-corrected chi connectivity index (χ3v) is 4.56. The first-order valence-corrected chi connectivity index (χ1v) is 8.40. The van der Waals surface area contributed by atoms with Crippen molar-refractivity contribution in [3.05, 3.63) is 39.6 Å². The van der Waals surface area contributed by atoms with Crippen LogP contribution in [0.3, 0.4) is 0 Å². The van der Waals surface area contributed by atoms with Gasteiger partial charge in [0.05, 0.1) is 11.4 Å². The third kappa shape index (κ3) is 3.49. The third-order valence-electron chi connectivity index (χ3n) is 3.17. The number of imidazole rings is 1. The van der Waals surface area contributed by atoms with E-state index in [9.17, 15) is 4.79 Å². The number of carboxylic acid groups (broad SMARTS) is 1. The van der Waals surface area contributed by atoms with Crippen LogP contribution < -0.4 is 0 Å². The van der Waals surface area contributed by atoms with Crippen LogP contribution in [-0.4, -0.2) is 26.4 Å². The summed E-state index contributed by atoms with van der Waals surface area (Å²) in [5.74, 6) is -0.828. The molecule has 0 unspecified atom stereocenters. The molecule has 0 fully saturated rings. The Kier molecular flexibility index (Phi) is 5.11. The van der Waals surface area contributed by atoms with Gasteiger partial charge in [-0.15, -0.1) is 0 Å². The van der Waals surface area contributed by atoms with Crippen LogP contribution in [0.4, 0.5) is 0 Å². The Morgan fingerprint density at radius 3 is 2.52 bits per heavy atom. The van der Waals surface area contributed by atoms with Gasteiger partial charge < -0.3 is 5.11 Å². The van der Waals surface area contributed by atoms with Crippen LogP contribution >= 0.6 is 27.7 Å². The number of carboxylic acids is 1. The maximum atomic E-state index is 10.8. The summed E-state index contributed by atoms with van der Waals surface area (Å²) in [5.41, 5.74) is 4.43. The van der Waals surface area contributed by atoms with Crippen molar-refractivity contribution in [1.29, 1.82) is 0 Å². The maximum Gasteiger partial charge on any atom is 0.313 e. The average molecular weight is 369 g/mol. The lowest BCUT2D eigenvalue weighted by molar-refractivity contribution is -0.133. The molecule has 0 bridgehead atoms. The molecule has 1 aromatic carbocycles. The van der Waals surface area contributed by atoms with Crippen LogP contribution in [0.2, 0.25) is 0 Å². The molecule has 2 rings (SSSR count). The first-order chi connectivity index (χ1) is 9.93. The van der Waals surface area contributed by atoms with Crippen molar-refractivity contribution in [2.24, 2.45) is 0 Å². The molecule has 0 atom stereocenters. The molecule has 21 heavy (non-hydrogen) atoms. The molecular formula is C15H17BrN2O2S. The molecule has 0 aliphatic carbocycles. The van der Waals surface area contributed by atoms with Crippen molar-refractivity contribution in [1.82, 2.24) is 9.55 Å². The minimum Gasteiger partial charge on any atom is -0.481 e. The van der Waals surface area contributed by atoms with E-state index in [0.717, 1.165) is 38.6 Å². The Bertz CT molecular complexity index is 659. The molecule has 0 amide bonds. The van der Waals surface area contributed by atoms with Gasteiger partial charge in [0, 0.05) is 16.4 Å². The summed E-state index contributed by atoms with van der Waals surface area (Å²) in [6.45, 7) is 6.18. The molecule has 0 radical (unpaired) electrons. The lowest BCUT2D eigenvalue weighted by Crippen LogP contribution is -2.07. The summed E-state index contributed by atoms with van der Waals surface area (Å²) < 4.78 is 3.12. The number of rotatable bonds is 5. The molecule has 0 saturated carbocycles. The van der Waals surface area contributed by atoms with E-state index in [1.54, 1.807) is 0 Å². The summed E-state index contributed by atoms with van der Waals surface area (Å²) in [7, 11) is 0. The molecule has 4 nitrogen and oxygen atoms in total. The Labute approximate surface area is 136 Å². The van der Waals surface area contributed by atoms with E-state index in [4.69, 9.17) is 5.11 Å². The highest BCUT2D eigenvalue weighted by Crippen LogP contribution is 2.30. The largest absolute Gasteiger partial charge is 0.481 e. The van der Waals surface area contributed by atoms with Crippen molar-refractivity contribution in [3.63, 3.8) is 0 Å². The minimum absolute atomic E-state index is 0.00872. The number of halogens is 1. The number of carbonyl (C=O) groups is 1. The number of hydrogen-bond acceptors (Lipinski definition) is 3. The summed E-state index contributed by atoms with van der Waals surface area (Å²) >= 11 is 4.75. The zero-order valence-corrected chi connectivity index (χ0v) is 14.6. The van der Waals surface area contributed by atoms with Crippen molar-refractivity contribution in [2.75, 3.05) is 5.75 Å². The fraction of sp³-hybridized carbons (Fsp3) is 0.333. The van der Waals surface area contributed by atoms with Gasteiger partial charge in [-0.2, -0.15) is 0 Å². The van der Waals surface area contributed by atoms with E-state index in [0.29, 0.717) is 0 Å². The van der Waals surface area contributed by atoms with Gasteiger partial charge in [0.15, 0.2) is 5.16 Å². The number of benzene rings is 1. The van der Waals surface area contributed by atoms with Crippen molar-refractivity contribution in [3.8, 4) is 5.69 Å². The van der Waals surface area contributed by atoms with Gasteiger partial charge in [-0.25, -0.2) is 4.98 Å². The van der Waals surface area contributed by atoms with Crippen molar-refractivity contribution < 1.29 is 9.90 Å². The fourth-order valence-electron chi connectivity index (χ4n) is 2.34. The quantitative estimate of drug-likeness (QED) is 0.810. The number of nitrogens with zero attached hydrogens (tertiary/aromatic N) is 2. The van der Waals surface area contributed by atoms with Gasteiger partial charge in [-0.05, 0) is 43.5 Å². The molecule has 2 aromatic rings. The van der Waals surface area contributed by atoms with Crippen LogP contribution in [0.15, 0.2) is 28.0 Å². The first-order valence-electron chi connectivity index (χ1n) is 6.62. The minimum atomic E-state index is -0.836. The van der Waals surface area contributed by atoms with E-state index in [-0.39, 0.29) is 5.75 Å². The Morgan fingerprint density at radius 2 is 2.00 bits per heavy atom. The highest BCUT2D eigenvalue weighted by Gasteiger charge is 2.16. The summed E-state index contributed by atoms with van der Waals surface area (Å²) in [5, 5.41) is 9.61. The standard InChI is InChI=1S/C15H17BrN2O2S/c1-4-12-7-17-15(21-8-13(19)20)18(12)14-9(2)5-11(16)6-10(14)3/h5-7H,4,8H2,1-3H3,(H,19,20). The van der Waals surface area contributed by atoms with E-state index >= 15 is 0 Å². The average Bonchev–Trinajstić information content (AvgIpc) is 2.78. The SMILES string of the molecule is CCc1cnc(SCC(=O)O)n1-c1c(C)cc(Br)cc1C. The van der Waals surface area contributed by atoms with Gasteiger partial charge in [0.25, 0.3) is 0 Å². The Hall–Kier alpha value is -1.27. The number of aliphatic carboxylic acids is 1. The predicted molar refractivity (Wildman–Crippen MR) is 88.5 cm³/mol. The molecule has 112 valence electrons. The van der Waals surface area contributed by atoms with Gasteiger partial charge in [0.2, 0.25) is 0 Å². The second kappa shape index (κ2) is 6.66. The lowest BCUT2D eigenvalue weighted by Gasteiger charge is -2.16. The predicted octanol–water partition coefficient (Wildman–Crippen LogP) is 3.99. The molecule has 1 N–H and O–H groups in total. The maximum absolute atomic E-state index is 10.8. The molecule has 0 spiro atoms. The van der Waals surface area contributed by atoms with E-state index < -0.39 is 5.97 Å². The molecule has 0 aliphatic heterocycles. The van der Waals surface area contributed by atoms with Crippen molar-refractivity contribution in [2.45, 2.75) is 32.3 Å². The molecule has 0 aliphatic rings. The number of aromatic nitrogens is 2. The highest BCUT2D eigenvalue weighted by atomic mass is 79.9. The lowest BCUT2D eigenvalue weighted by atomic mass is 10.1. The van der Waals surface area contributed by atoms with Crippen LogP contribution in [0, 0.1) is 13.8 Å². The Morgan fingerprint density at radius 1 is 1.38 bits per heavy atom. The van der Waals surface area contributed by atoms with Gasteiger partial charge >= 0.3 is 5.97 Å². The molecule has 1 heterocycles. The summed E-state index contributed by atoms with van der Waals surface area (Å²) in [4.78, 5) is 15.2. The monoisotopic (exact) mass is 368 g/mol. The molecular weight excluding hydrogens is 352 g/mol. The van der Waals surface area contributed by atoms with E-state index in [2.05, 4.69) is 58.4 Å². The second-order valence-corrected chi connectivity index (χ2v) is 6.65. The first kappa shape index (κ1) is 16.1. The van der Waals surface area contributed by atoms with Crippen LogP contribution in [0.5, 0.6) is 0 Å². The fourth-order valence-corrected chi connectivity index (χ4v) is 3.74. The van der Waals surface area contributed by atoms with E-state index in [1.165, 1.54) is 11.8 Å². The normalized spacial score (nSPS) is 10.9. The van der Waals surface area contributed by atoms with Crippen LogP contribution in [0.25, 0.3) is 5.69 Å². The highest BCUT2D eigenvalue weighted by molar-refractivity contribution is 9.10. The number of thioether (sulfide) groups is 1. The van der Waals surface area contributed by atoms with Gasteiger partial charge in [0.1, 0.15) is 0 Å². The molecule has 1 aromatic heterocycles. The van der Waals surface area contributed by atoms with Gasteiger partial charge in [-0.3, -0.25) is 9.36 Å². The van der Waals surface area contributed by atoms with Gasteiger partial charge in [-0.1, -0.05) is 34.6 Å². The smallest absolute Gasteiger partial charge is 0.313 e. The Balaban J connectivity index is 2.56. The molecule has 0 saturated heterocycles. The topological polar surface area (TPSA) is 55.1 Å². The summed E-state index contributed by atoms with van der Waals surface area (Å²) in [6.07, 6.45) is 2.67. The van der Waals surface area contributed by atoms with Crippen molar-refractivity contribution >= 4 is 33.7 Å².